The average molecular weight is 221 g/mol. The summed E-state index contributed by atoms with van der Waals surface area (Å²) >= 11 is 1.86. The van der Waals surface area contributed by atoms with Crippen molar-refractivity contribution in [3.63, 3.8) is 0 Å². The van der Waals surface area contributed by atoms with Crippen molar-refractivity contribution in [1.82, 2.24) is 5.32 Å². The molecule has 15 heavy (non-hydrogen) atoms. The van der Waals surface area contributed by atoms with Crippen molar-refractivity contribution in [2.24, 2.45) is 0 Å². The van der Waals surface area contributed by atoms with Crippen LogP contribution in [0.2, 0.25) is 0 Å². The summed E-state index contributed by atoms with van der Waals surface area (Å²) in [5, 5.41) is 5.93. The van der Waals surface area contributed by atoms with E-state index in [0.717, 1.165) is 0 Å². The molecule has 2 unspecified atom stereocenters. The standard InChI is InChI=1S/C13H19NS/c1-2-12(13-9-6-10-15-13)14-11-7-4-3-5-8-11/h3-4,6,9-12,14H,2,5,7-8H2,1H3. The van der Waals surface area contributed by atoms with E-state index < -0.39 is 0 Å². The Labute approximate surface area is 96.2 Å². The van der Waals surface area contributed by atoms with Crippen LogP contribution in [0.3, 0.4) is 0 Å². The highest BCUT2D eigenvalue weighted by atomic mass is 32.1. The fourth-order valence-electron chi connectivity index (χ4n) is 2.12. The van der Waals surface area contributed by atoms with Crippen molar-refractivity contribution in [3.8, 4) is 0 Å². The molecule has 2 atom stereocenters. The second-order valence-electron chi connectivity index (χ2n) is 4.12. The molecule has 0 saturated carbocycles. The van der Waals surface area contributed by atoms with Crippen LogP contribution in [0.4, 0.5) is 0 Å². The van der Waals surface area contributed by atoms with Gasteiger partial charge in [-0.3, -0.25) is 0 Å². The van der Waals surface area contributed by atoms with Crippen molar-refractivity contribution in [1.29, 1.82) is 0 Å². The molecule has 0 aromatic carbocycles. The topological polar surface area (TPSA) is 12.0 Å². The van der Waals surface area contributed by atoms with E-state index in [9.17, 15) is 0 Å². The lowest BCUT2D eigenvalue weighted by molar-refractivity contribution is 0.405. The Hall–Kier alpha value is -0.600. The minimum absolute atomic E-state index is 0.557. The molecule has 1 aliphatic carbocycles. The first-order chi connectivity index (χ1) is 7.40. The third-order valence-electron chi connectivity index (χ3n) is 3.00. The molecule has 2 heteroatoms. The first-order valence-corrected chi connectivity index (χ1v) is 6.72. The summed E-state index contributed by atoms with van der Waals surface area (Å²) in [6.07, 6.45) is 9.51. The van der Waals surface area contributed by atoms with Crippen LogP contribution >= 0.6 is 11.3 Å². The molecule has 1 aromatic rings. The number of allylic oxidation sites excluding steroid dienone is 1. The molecule has 0 bridgehead atoms. The Balaban J connectivity index is 1.93. The second kappa shape index (κ2) is 5.47. The van der Waals surface area contributed by atoms with Crippen LogP contribution in [-0.4, -0.2) is 6.04 Å². The van der Waals surface area contributed by atoms with E-state index in [1.807, 2.05) is 11.3 Å². The van der Waals surface area contributed by atoms with Crippen LogP contribution in [0.25, 0.3) is 0 Å². The van der Waals surface area contributed by atoms with Gasteiger partial charge in [0.25, 0.3) is 0 Å². The molecule has 1 aromatic heterocycles. The van der Waals surface area contributed by atoms with E-state index in [2.05, 4.69) is 41.9 Å². The number of hydrogen-bond acceptors (Lipinski definition) is 2. The van der Waals surface area contributed by atoms with Gasteiger partial charge in [0.05, 0.1) is 0 Å². The summed E-state index contributed by atoms with van der Waals surface area (Å²) in [5.74, 6) is 0. The zero-order valence-corrected chi connectivity index (χ0v) is 10.1. The van der Waals surface area contributed by atoms with Gasteiger partial charge < -0.3 is 5.32 Å². The van der Waals surface area contributed by atoms with Crippen molar-refractivity contribution in [2.45, 2.75) is 44.7 Å². The number of hydrogen-bond donors (Lipinski definition) is 1. The second-order valence-corrected chi connectivity index (χ2v) is 5.10. The molecule has 1 heterocycles. The van der Waals surface area contributed by atoms with Gasteiger partial charge in [0.15, 0.2) is 0 Å². The molecule has 0 amide bonds. The largest absolute Gasteiger partial charge is 0.306 e. The fraction of sp³-hybridized carbons (Fsp3) is 0.538. The SMILES string of the molecule is CCC(NC1CC=CCC1)c1cccs1. The Kier molecular flexibility index (Phi) is 3.98. The van der Waals surface area contributed by atoms with Gasteiger partial charge in [-0.1, -0.05) is 25.1 Å². The molecule has 0 fully saturated rings. The van der Waals surface area contributed by atoms with Gasteiger partial charge in [-0.15, -0.1) is 11.3 Å². The molecule has 1 N–H and O–H groups in total. The quantitative estimate of drug-likeness (QED) is 0.760. The van der Waals surface area contributed by atoms with Gasteiger partial charge in [0.1, 0.15) is 0 Å². The molecule has 1 aliphatic rings. The van der Waals surface area contributed by atoms with Crippen LogP contribution in [0.1, 0.15) is 43.5 Å². The summed E-state index contributed by atoms with van der Waals surface area (Å²) < 4.78 is 0. The van der Waals surface area contributed by atoms with E-state index in [1.165, 1.54) is 30.6 Å². The molecule has 0 saturated heterocycles. The van der Waals surface area contributed by atoms with E-state index in [-0.39, 0.29) is 0 Å². The van der Waals surface area contributed by atoms with Crippen LogP contribution in [0, 0.1) is 0 Å². The van der Waals surface area contributed by atoms with E-state index in [0.29, 0.717) is 12.1 Å². The Morgan fingerprint density at radius 1 is 1.53 bits per heavy atom. The molecular weight excluding hydrogens is 202 g/mol. The minimum atomic E-state index is 0.557. The summed E-state index contributed by atoms with van der Waals surface area (Å²) in [5.41, 5.74) is 0. The zero-order valence-electron chi connectivity index (χ0n) is 9.28. The Morgan fingerprint density at radius 2 is 2.47 bits per heavy atom. The van der Waals surface area contributed by atoms with Crippen molar-refractivity contribution < 1.29 is 0 Å². The van der Waals surface area contributed by atoms with Gasteiger partial charge in [-0.2, -0.15) is 0 Å². The monoisotopic (exact) mass is 221 g/mol. The molecule has 82 valence electrons. The van der Waals surface area contributed by atoms with Crippen molar-refractivity contribution in [3.05, 3.63) is 34.5 Å². The Bertz CT molecular complexity index is 302. The van der Waals surface area contributed by atoms with Gasteiger partial charge >= 0.3 is 0 Å². The van der Waals surface area contributed by atoms with Gasteiger partial charge in [0, 0.05) is 17.0 Å². The van der Waals surface area contributed by atoms with Gasteiger partial charge in [-0.25, -0.2) is 0 Å². The maximum Gasteiger partial charge on any atom is 0.0414 e. The molecule has 0 spiro atoms. The van der Waals surface area contributed by atoms with Crippen LogP contribution < -0.4 is 5.32 Å². The van der Waals surface area contributed by atoms with Gasteiger partial charge in [-0.05, 0) is 37.1 Å². The molecule has 1 nitrogen and oxygen atoms in total. The normalized spacial score (nSPS) is 22.9. The lowest BCUT2D eigenvalue weighted by Gasteiger charge is -2.25. The fourth-order valence-corrected chi connectivity index (χ4v) is 2.99. The van der Waals surface area contributed by atoms with Crippen LogP contribution in [0.5, 0.6) is 0 Å². The maximum atomic E-state index is 3.77. The summed E-state index contributed by atoms with van der Waals surface area (Å²) in [7, 11) is 0. The summed E-state index contributed by atoms with van der Waals surface area (Å²) in [4.78, 5) is 1.48. The van der Waals surface area contributed by atoms with Crippen LogP contribution in [-0.2, 0) is 0 Å². The number of thiophene rings is 1. The number of rotatable bonds is 4. The lowest BCUT2D eigenvalue weighted by Crippen LogP contribution is -2.32. The molecule has 2 rings (SSSR count). The zero-order chi connectivity index (χ0) is 10.5. The van der Waals surface area contributed by atoms with Crippen LogP contribution in [0.15, 0.2) is 29.7 Å². The first-order valence-electron chi connectivity index (χ1n) is 5.84. The predicted molar refractivity (Wildman–Crippen MR) is 67.3 cm³/mol. The molecular formula is C13H19NS. The highest BCUT2D eigenvalue weighted by Gasteiger charge is 2.16. The van der Waals surface area contributed by atoms with E-state index in [1.54, 1.807) is 0 Å². The minimum Gasteiger partial charge on any atom is -0.306 e. The van der Waals surface area contributed by atoms with Gasteiger partial charge in [0.2, 0.25) is 0 Å². The van der Waals surface area contributed by atoms with Crippen molar-refractivity contribution >= 4 is 11.3 Å². The Morgan fingerprint density at radius 3 is 3.07 bits per heavy atom. The third-order valence-corrected chi connectivity index (χ3v) is 3.99. The summed E-state index contributed by atoms with van der Waals surface area (Å²) in [6.45, 7) is 2.26. The average Bonchev–Trinajstić information content (AvgIpc) is 2.81. The molecule has 0 aliphatic heterocycles. The van der Waals surface area contributed by atoms with E-state index in [4.69, 9.17) is 0 Å². The smallest absolute Gasteiger partial charge is 0.0414 e. The van der Waals surface area contributed by atoms with E-state index >= 15 is 0 Å². The highest BCUT2D eigenvalue weighted by molar-refractivity contribution is 7.10. The first kappa shape index (κ1) is 10.9. The molecule has 0 radical (unpaired) electrons. The highest BCUT2D eigenvalue weighted by Crippen LogP contribution is 2.24. The third kappa shape index (κ3) is 2.93. The number of nitrogens with one attached hydrogen (secondary N) is 1. The van der Waals surface area contributed by atoms with Crippen molar-refractivity contribution in [2.75, 3.05) is 0 Å². The lowest BCUT2D eigenvalue weighted by atomic mass is 10.0. The summed E-state index contributed by atoms with van der Waals surface area (Å²) in [6, 6.07) is 5.62. The maximum absolute atomic E-state index is 3.77. The predicted octanol–water partition coefficient (Wildman–Crippen LogP) is 3.90.